The van der Waals surface area contributed by atoms with Crippen LogP contribution in [0.4, 0.5) is 5.82 Å². The first-order chi connectivity index (χ1) is 6.20. The van der Waals surface area contributed by atoms with Crippen molar-refractivity contribution in [2.45, 2.75) is 0 Å². The van der Waals surface area contributed by atoms with E-state index in [-0.39, 0.29) is 0 Å². The molecule has 1 aromatic carbocycles. The second-order valence-electron chi connectivity index (χ2n) is 2.65. The van der Waals surface area contributed by atoms with E-state index < -0.39 is 0 Å². The quantitative estimate of drug-likeness (QED) is 0.787. The van der Waals surface area contributed by atoms with Gasteiger partial charge in [0.05, 0.1) is 0 Å². The molecule has 0 saturated carbocycles. The fourth-order valence-electron chi connectivity index (χ4n) is 1.24. The lowest BCUT2D eigenvalue weighted by Crippen LogP contribution is -1.91. The Bertz CT molecular complexity index is 462. The molecule has 0 spiro atoms. The van der Waals surface area contributed by atoms with Gasteiger partial charge in [0, 0.05) is 26.5 Å². The van der Waals surface area contributed by atoms with Crippen LogP contribution in [0.2, 0.25) is 5.02 Å². The molecule has 2 nitrogen and oxygen atoms in total. The van der Waals surface area contributed by atoms with E-state index in [2.05, 4.69) is 20.9 Å². The van der Waals surface area contributed by atoms with Crippen LogP contribution in [0, 0.1) is 0 Å². The Morgan fingerprint density at radius 3 is 2.85 bits per heavy atom. The molecule has 0 atom stereocenters. The van der Waals surface area contributed by atoms with Crippen LogP contribution in [0.3, 0.4) is 0 Å². The second-order valence-corrected chi connectivity index (χ2v) is 3.92. The molecule has 2 rings (SSSR count). The van der Waals surface area contributed by atoms with Crippen LogP contribution >= 0.6 is 27.5 Å². The normalized spacial score (nSPS) is 10.6. The van der Waals surface area contributed by atoms with Crippen LogP contribution in [-0.4, -0.2) is 4.98 Å². The second kappa shape index (κ2) is 3.16. The van der Waals surface area contributed by atoms with Crippen molar-refractivity contribution in [1.29, 1.82) is 0 Å². The third-order valence-corrected chi connectivity index (χ3v) is 2.76. The summed E-state index contributed by atoms with van der Waals surface area (Å²) < 4.78 is 0.863. The molecule has 66 valence electrons. The Kier molecular flexibility index (Phi) is 2.14. The van der Waals surface area contributed by atoms with Crippen molar-refractivity contribution in [2.75, 3.05) is 5.73 Å². The number of anilines is 1. The summed E-state index contributed by atoms with van der Waals surface area (Å²) in [6.07, 6.45) is 1.66. The Morgan fingerprint density at radius 1 is 1.38 bits per heavy atom. The number of hydrogen-bond acceptors (Lipinski definition) is 2. The summed E-state index contributed by atoms with van der Waals surface area (Å²) in [6.45, 7) is 0. The smallest absolute Gasteiger partial charge is 0.131 e. The average Bonchev–Trinajstić information content (AvgIpc) is 2.12. The first-order valence-corrected chi connectivity index (χ1v) is 4.85. The maximum atomic E-state index is 6.02. The fourth-order valence-corrected chi connectivity index (χ4v) is 2.16. The number of halogens is 2. The van der Waals surface area contributed by atoms with Gasteiger partial charge >= 0.3 is 0 Å². The van der Waals surface area contributed by atoms with Gasteiger partial charge < -0.3 is 5.73 Å². The summed E-state index contributed by atoms with van der Waals surface area (Å²) in [5.41, 5.74) is 5.70. The van der Waals surface area contributed by atoms with Crippen molar-refractivity contribution in [3.8, 4) is 0 Å². The molecule has 4 heteroatoms. The third-order valence-electron chi connectivity index (χ3n) is 1.85. The van der Waals surface area contributed by atoms with E-state index in [0.29, 0.717) is 10.8 Å². The highest BCUT2D eigenvalue weighted by molar-refractivity contribution is 9.10. The van der Waals surface area contributed by atoms with Gasteiger partial charge in [-0.25, -0.2) is 4.98 Å². The van der Waals surface area contributed by atoms with Crippen LogP contribution in [0.5, 0.6) is 0 Å². The molecule has 2 N–H and O–H groups in total. The van der Waals surface area contributed by atoms with Gasteiger partial charge in [0.2, 0.25) is 0 Å². The summed E-state index contributed by atoms with van der Waals surface area (Å²) in [6, 6.07) is 5.58. The summed E-state index contributed by atoms with van der Waals surface area (Å²) in [4.78, 5) is 4.02. The van der Waals surface area contributed by atoms with Crippen LogP contribution in [0.25, 0.3) is 10.8 Å². The minimum atomic E-state index is 0.501. The number of nitrogens with two attached hydrogens (primary N) is 1. The highest BCUT2D eigenvalue weighted by Crippen LogP contribution is 2.32. The number of rotatable bonds is 0. The molecule has 1 aromatic heterocycles. The lowest BCUT2D eigenvalue weighted by Gasteiger charge is -2.04. The number of fused-ring (bicyclic) bond motifs is 1. The number of nitrogen functional groups attached to an aromatic ring is 1. The van der Waals surface area contributed by atoms with Crippen LogP contribution in [-0.2, 0) is 0 Å². The van der Waals surface area contributed by atoms with Crippen LogP contribution in [0.1, 0.15) is 0 Å². The summed E-state index contributed by atoms with van der Waals surface area (Å²) in [5.74, 6) is 0.501. The Morgan fingerprint density at radius 2 is 2.15 bits per heavy atom. The molecule has 2 aromatic rings. The van der Waals surface area contributed by atoms with Crippen molar-refractivity contribution in [2.24, 2.45) is 0 Å². The number of hydrogen-bond donors (Lipinski definition) is 1. The zero-order valence-corrected chi connectivity index (χ0v) is 8.93. The predicted molar refractivity (Wildman–Crippen MR) is 58.9 cm³/mol. The standard InChI is InChI=1S/C9H6BrClN2/c10-6-4-13-9(12)5-2-1-3-7(11)8(5)6/h1-4H,(H2,12,13). The van der Waals surface area contributed by atoms with Crippen LogP contribution < -0.4 is 5.73 Å². The number of nitrogens with zero attached hydrogens (tertiary/aromatic N) is 1. The van der Waals surface area contributed by atoms with E-state index in [4.69, 9.17) is 17.3 Å². The van der Waals surface area contributed by atoms with Crippen molar-refractivity contribution < 1.29 is 0 Å². The lowest BCUT2D eigenvalue weighted by atomic mass is 10.1. The molecule has 0 saturated heterocycles. The average molecular weight is 258 g/mol. The summed E-state index contributed by atoms with van der Waals surface area (Å²) >= 11 is 9.40. The Labute approximate surface area is 88.8 Å². The van der Waals surface area contributed by atoms with Crippen LogP contribution in [0.15, 0.2) is 28.9 Å². The topological polar surface area (TPSA) is 38.9 Å². The zero-order valence-electron chi connectivity index (χ0n) is 6.59. The number of pyridine rings is 1. The van der Waals surface area contributed by atoms with Gasteiger partial charge in [0.15, 0.2) is 0 Å². The van der Waals surface area contributed by atoms with E-state index in [0.717, 1.165) is 15.2 Å². The number of benzene rings is 1. The molecule has 0 radical (unpaired) electrons. The maximum Gasteiger partial charge on any atom is 0.131 e. The van der Waals surface area contributed by atoms with Gasteiger partial charge in [-0.05, 0) is 22.0 Å². The van der Waals surface area contributed by atoms with Gasteiger partial charge in [-0.2, -0.15) is 0 Å². The minimum Gasteiger partial charge on any atom is -0.383 e. The maximum absolute atomic E-state index is 6.02. The zero-order chi connectivity index (χ0) is 9.42. The highest BCUT2D eigenvalue weighted by atomic mass is 79.9. The molecule has 0 aliphatic rings. The largest absolute Gasteiger partial charge is 0.383 e. The minimum absolute atomic E-state index is 0.501. The molecule has 0 unspecified atom stereocenters. The van der Waals surface area contributed by atoms with Crippen molar-refractivity contribution in [1.82, 2.24) is 4.98 Å². The first kappa shape index (κ1) is 8.78. The molecule has 0 fully saturated rings. The Hall–Kier alpha value is -0.800. The number of aromatic nitrogens is 1. The first-order valence-electron chi connectivity index (χ1n) is 3.68. The van der Waals surface area contributed by atoms with Gasteiger partial charge in [-0.3, -0.25) is 0 Å². The molecular weight excluding hydrogens is 251 g/mol. The van der Waals surface area contributed by atoms with E-state index >= 15 is 0 Å². The lowest BCUT2D eigenvalue weighted by molar-refractivity contribution is 1.35. The monoisotopic (exact) mass is 256 g/mol. The molecule has 0 aliphatic heterocycles. The van der Waals surface area contributed by atoms with Crippen molar-refractivity contribution >= 4 is 44.1 Å². The Balaban J connectivity index is 3.00. The molecule has 13 heavy (non-hydrogen) atoms. The van der Waals surface area contributed by atoms with Gasteiger partial charge in [0.25, 0.3) is 0 Å². The van der Waals surface area contributed by atoms with E-state index in [9.17, 15) is 0 Å². The SMILES string of the molecule is Nc1ncc(Br)c2c(Cl)cccc12. The van der Waals surface area contributed by atoms with E-state index in [1.54, 1.807) is 6.20 Å². The fraction of sp³-hybridized carbons (Fsp3) is 0. The highest BCUT2D eigenvalue weighted by Gasteiger charge is 2.05. The molecule has 1 heterocycles. The third kappa shape index (κ3) is 1.38. The van der Waals surface area contributed by atoms with Crippen molar-refractivity contribution in [3.05, 3.63) is 33.9 Å². The molecule has 0 amide bonds. The summed E-state index contributed by atoms with van der Waals surface area (Å²) in [5, 5.41) is 2.47. The predicted octanol–water partition coefficient (Wildman–Crippen LogP) is 3.23. The molecule has 0 bridgehead atoms. The van der Waals surface area contributed by atoms with Crippen molar-refractivity contribution in [3.63, 3.8) is 0 Å². The molecular formula is C9H6BrClN2. The van der Waals surface area contributed by atoms with E-state index in [1.165, 1.54) is 0 Å². The summed E-state index contributed by atoms with van der Waals surface area (Å²) in [7, 11) is 0. The molecule has 0 aliphatic carbocycles. The van der Waals surface area contributed by atoms with Gasteiger partial charge in [0.1, 0.15) is 5.82 Å². The van der Waals surface area contributed by atoms with E-state index in [1.807, 2.05) is 18.2 Å². The van der Waals surface area contributed by atoms with Gasteiger partial charge in [-0.15, -0.1) is 0 Å². The van der Waals surface area contributed by atoms with Gasteiger partial charge in [-0.1, -0.05) is 23.7 Å².